The third-order valence-electron chi connectivity index (χ3n) is 3.83. The highest BCUT2D eigenvalue weighted by atomic mass is 35.5. The molecular formula is C15H19ClF3N3O2. The molecule has 0 atom stereocenters. The lowest BCUT2D eigenvalue weighted by Crippen LogP contribution is -2.37. The van der Waals surface area contributed by atoms with Crippen LogP contribution in [0.15, 0.2) is 18.2 Å². The average Bonchev–Trinajstić information content (AvgIpc) is 2.88. The first-order valence-corrected chi connectivity index (χ1v) is 7.20. The van der Waals surface area contributed by atoms with Crippen LogP contribution in [-0.2, 0) is 11.0 Å². The van der Waals surface area contributed by atoms with Gasteiger partial charge in [-0.15, -0.1) is 12.4 Å². The molecule has 9 heteroatoms. The van der Waals surface area contributed by atoms with Crippen LogP contribution in [0.1, 0.15) is 28.8 Å². The molecule has 0 aromatic heterocycles. The van der Waals surface area contributed by atoms with Gasteiger partial charge in [-0.2, -0.15) is 13.2 Å². The van der Waals surface area contributed by atoms with Gasteiger partial charge in [0.05, 0.1) is 11.1 Å². The number of nitrogens with zero attached hydrogens (tertiary/aromatic N) is 2. The number of nitrogens with two attached hydrogens (primary N) is 1. The second-order valence-corrected chi connectivity index (χ2v) is 5.51. The quantitative estimate of drug-likeness (QED) is 0.833. The number of nitrogen functional groups attached to an aromatic ring is 1. The maximum absolute atomic E-state index is 12.7. The smallest absolute Gasteiger partial charge is 0.398 e. The van der Waals surface area contributed by atoms with Crippen molar-refractivity contribution in [2.24, 2.45) is 0 Å². The topological polar surface area (TPSA) is 66.6 Å². The molecule has 1 aromatic rings. The van der Waals surface area contributed by atoms with E-state index in [1.807, 2.05) is 0 Å². The second-order valence-electron chi connectivity index (χ2n) is 5.51. The molecule has 1 heterocycles. The van der Waals surface area contributed by atoms with Crippen LogP contribution in [0.2, 0.25) is 0 Å². The summed E-state index contributed by atoms with van der Waals surface area (Å²) in [6, 6.07) is 2.68. The zero-order chi connectivity index (χ0) is 17.2. The lowest BCUT2D eigenvalue weighted by atomic mass is 10.1. The van der Waals surface area contributed by atoms with E-state index < -0.39 is 17.6 Å². The molecule has 1 saturated heterocycles. The van der Waals surface area contributed by atoms with Gasteiger partial charge in [-0.3, -0.25) is 9.59 Å². The van der Waals surface area contributed by atoms with Crippen molar-refractivity contribution in [2.75, 3.05) is 32.4 Å². The molecule has 1 fully saturated rings. The molecule has 1 aliphatic rings. The number of hydrogen-bond acceptors (Lipinski definition) is 3. The van der Waals surface area contributed by atoms with E-state index in [1.165, 1.54) is 11.9 Å². The van der Waals surface area contributed by atoms with Gasteiger partial charge in [-0.05, 0) is 24.6 Å². The highest BCUT2D eigenvalue weighted by Gasteiger charge is 2.32. The molecule has 0 spiro atoms. The third kappa shape index (κ3) is 4.53. The van der Waals surface area contributed by atoms with Crippen LogP contribution in [0.25, 0.3) is 0 Å². The average molecular weight is 366 g/mol. The van der Waals surface area contributed by atoms with E-state index in [9.17, 15) is 22.8 Å². The number of anilines is 1. The monoisotopic (exact) mass is 365 g/mol. The lowest BCUT2D eigenvalue weighted by Gasteiger charge is -2.22. The molecule has 24 heavy (non-hydrogen) atoms. The Morgan fingerprint density at radius 1 is 1.38 bits per heavy atom. The van der Waals surface area contributed by atoms with Crippen molar-refractivity contribution in [3.63, 3.8) is 0 Å². The molecule has 5 nitrogen and oxygen atoms in total. The van der Waals surface area contributed by atoms with Crippen molar-refractivity contribution in [2.45, 2.75) is 19.0 Å². The number of carbonyl (C=O) groups is 2. The number of likely N-dealkylation sites (tertiary alicyclic amines) is 1. The highest BCUT2D eigenvalue weighted by Crippen LogP contribution is 2.31. The molecule has 134 valence electrons. The van der Waals surface area contributed by atoms with Gasteiger partial charge < -0.3 is 15.5 Å². The molecule has 2 rings (SSSR count). The van der Waals surface area contributed by atoms with Gasteiger partial charge in [-0.25, -0.2) is 0 Å². The van der Waals surface area contributed by atoms with E-state index in [4.69, 9.17) is 5.73 Å². The van der Waals surface area contributed by atoms with Crippen molar-refractivity contribution in [1.82, 2.24) is 9.80 Å². The predicted molar refractivity (Wildman–Crippen MR) is 85.9 cm³/mol. The first-order chi connectivity index (χ1) is 10.7. The molecule has 1 aliphatic heterocycles. The van der Waals surface area contributed by atoms with E-state index in [2.05, 4.69) is 0 Å². The van der Waals surface area contributed by atoms with Crippen LogP contribution in [0.4, 0.5) is 18.9 Å². The molecule has 2 N–H and O–H groups in total. The highest BCUT2D eigenvalue weighted by molar-refractivity contribution is 5.99. The van der Waals surface area contributed by atoms with Crippen molar-refractivity contribution in [1.29, 1.82) is 0 Å². The molecule has 2 amide bonds. The minimum Gasteiger partial charge on any atom is -0.398 e. The Morgan fingerprint density at radius 2 is 2.04 bits per heavy atom. The van der Waals surface area contributed by atoms with Crippen LogP contribution in [-0.4, -0.2) is 48.3 Å². The van der Waals surface area contributed by atoms with E-state index in [0.717, 1.165) is 24.6 Å². The SMILES string of the molecule is CN(CCN1CCCC1=O)C(=O)c1cc(C(F)(F)F)ccc1N.Cl. The van der Waals surface area contributed by atoms with Gasteiger partial charge in [0.2, 0.25) is 5.91 Å². The lowest BCUT2D eigenvalue weighted by molar-refractivity contribution is -0.137. The number of halogens is 4. The van der Waals surface area contributed by atoms with Crippen LogP contribution in [0, 0.1) is 0 Å². The minimum atomic E-state index is -4.54. The Balaban J connectivity index is 0.00000288. The van der Waals surface area contributed by atoms with E-state index >= 15 is 0 Å². The standard InChI is InChI=1S/C15H18F3N3O2.ClH/c1-20(7-8-21-6-2-3-13(21)22)14(23)11-9-10(15(16,17)18)4-5-12(11)19;/h4-5,9H,2-3,6-8,19H2,1H3;1H. The zero-order valence-electron chi connectivity index (χ0n) is 13.1. The van der Waals surface area contributed by atoms with Crippen LogP contribution in [0.3, 0.4) is 0 Å². The largest absolute Gasteiger partial charge is 0.416 e. The number of rotatable bonds is 4. The summed E-state index contributed by atoms with van der Waals surface area (Å²) in [6.07, 6.45) is -3.25. The fourth-order valence-corrected chi connectivity index (χ4v) is 2.44. The summed E-state index contributed by atoms with van der Waals surface area (Å²) >= 11 is 0. The zero-order valence-corrected chi connectivity index (χ0v) is 13.9. The number of amides is 2. The number of hydrogen-bond donors (Lipinski definition) is 1. The van der Waals surface area contributed by atoms with Gasteiger partial charge in [0.15, 0.2) is 0 Å². The summed E-state index contributed by atoms with van der Waals surface area (Å²) in [4.78, 5) is 26.7. The summed E-state index contributed by atoms with van der Waals surface area (Å²) in [5, 5.41) is 0. The van der Waals surface area contributed by atoms with Gasteiger partial charge in [0.1, 0.15) is 0 Å². The van der Waals surface area contributed by atoms with Crippen molar-refractivity contribution < 1.29 is 22.8 Å². The van der Waals surface area contributed by atoms with Crippen molar-refractivity contribution in [3.8, 4) is 0 Å². The molecule has 0 bridgehead atoms. The minimum absolute atomic E-state index is 0. The number of likely N-dealkylation sites (N-methyl/N-ethyl adjacent to an activating group) is 1. The van der Waals surface area contributed by atoms with Crippen molar-refractivity contribution in [3.05, 3.63) is 29.3 Å². The summed E-state index contributed by atoms with van der Waals surface area (Å²) < 4.78 is 38.2. The van der Waals surface area contributed by atoms with Gasteiger partial charge in [-0.1, -0.05) is 0 Å². The van der Waals surface area contributed by atoms with Crippen LogP contribution in [0.5, 0.6) is 0 Å². The van der Waals surface area contributed by atoms with Gasteiger partial charge in [0.25, 0.3) is 5.91 Å². The summed E-state index contributed by atoms with van der Waals surface area (Å²) in [5.74, 6) is -0.565. The van der Waals surface area contributed by atoms with E-state index in [0.29, 0.717) is 19.5 Å². The maximum atomic E-state index is 12.7. The summed E-state index contributed by atoms with van der Waals surface area (Å²) in [5.41, 5.74) is 4.52. The summed E-state index contributed by atoms with van der Waals surface area (Å²) in [6.45, 7) is 1.24. The molecule has 0 unspecified atom stereocenters. The Labute approximate surface area is 144 Å². The molecule has 0 radical (unpaired) electrons. The number of carbonyl (C=O) groups excluding carboxylic acids is 2. The van der Waals surface area contributed by atoms with E-state index in [-0.39, 0.29) is 36.1 Å². The summed E-state index contributed by atoms with van der Waals surface area (Å²) in [7, 11) is 1.47. The molecule has 1 aromatic carbocycles. The third-order valence-corrected chi connectivity index (χ3v) is 3.83. The fraction of sp³-hybridized carbons (Fsp3) is 0.467. The van der Waals surface area contributed by atoms with Crippen molar-refractivity contribution >= 4 is 29.9 Å². The fourth-order valence-electron chi connectivity index (χ4n) is 2.44. The predicted octanol–water partition coefficient (Wildman–Crippen LogP) is 2.40. The number of benzene rings is 1. The normalized spacial score (nSPS) is 14.5. The molecule has 0 aliphatic carbocycles. The molecular weight excluding hydrogens is 347 g/mol. The first kappa shape index (κ1) is 20.1. The van der Waals surface area contributed by atoms with Gasteiger partial charge >= 0.3 is 6.18 Å². The Kier molecular flexibility index (Phi) is 6.48. The Morgan fingerprint density at radius 3 is 2.58 bits per heavy atom. The maximum Gasteiger partial charge on any atom is 0.416 e. The number of alkyl halides is 3. The molecule has 0 saturated carbocycles. The Hall–Kier alpha value is -1.96. The van der Waals surface area contributed by atoms with Gasteiger partial charge in [0, 0.05) is 38.8 Å². The van der Waals surface area contributed by atoms with Crippen LogP contribution >= 0.6 is 12.4 Å². The second kappa shape index (κ2) is 7.74. The Bertz CT molecular complexity index is 622. The first-order valence-electron chi connectivity index (χ1n) is 7.20. The van der Waals surface area contributed by atoms with Crippen LogP contribution < -0.4 is 5.73 Å². The van der Waals surface area contributed by atoms with E-state index in [1.54, 1.807) is 4.90 Å².